The van der Waals surface area contributed by atoms with Crippen molar-refractivity contribution >= 4 is 28.8 Å². The van der Waals surface area contributed by atoms with E-state index in [0.29, 0.717) is 11.8 Å². The third-order valence-electron chi connectivity index (χ3n) is 1.89. The summed E-state index contributed by atoms with van der Waals surface area (Å²) in [4.78, 5) is 32.3. The van der Waals surface area contributed by atoms with Gasteiger partial charge in [0.25, 0.3) is 0 Å². The van der Waals surface area contributed by atoms with Crippen molar-refractivity contribution in [3.05, 3.63) is 0 Å². The molecule has 0 saturated carbocycles. The third kappa shape index (κ3) is 5.89. The second kappa shape index (κ2) is 6.62. The summed E-state index contributed by atoms with van der Waals surface area (Å²) in [5.74, 6) is -6.07. The molecule has 0 aliphatic carbocycles. The predicted octanol–water partition coefficient (Wildman–Crippen LogP) is 1.03. The molecule has 0 spiro atoms. The van der Waals surface area contributed by atoms with Crippen molar-refractivity contribution < 1.29 is 32.7 Å². The Bertz CT molecular complexity index is 345. The van der Waals surface area contributed by atoms with Crippen LogP contribution in [-0.4, -0.2) is 40.1 Å². The van der Waals surface area contributed by atoms with E-state index in [2.05, 4.69) is 0 Å². The Balaban J connectivity index is 4.71. The van der Waals surface area contributed by atoms with Gasteiger partial charge < -0.3 is 10.4 Å². The highest BCUT2D eigenvalue weighted by molar-refractivity contribution is 8.13. The van der Waals surface area contributed by atoms with Crippen LogP contribution in [0.15, 0.2) is 0 Å². The Morgan fingerprint density at radius 3 is 2.17 bits per heavy atom. The fourth-order valence-electron chi connectivity index (χ4n) is 0.895. The summed E-state index contributed by atoms with van der Waals surface area (Å²) in [7, 11) is 0. The molecule has 0 aromatic rings. The minimum absolute atomic E-state index is 0.363. The van der Waals surface area contributed by atoms with Gasteiger partial charge in [0.05, 0.1) is 0 Å². The third-order valence-corrected chi connectivity index (χ3v) is 2.80. The molecule has 0 saturated heterocycles. The average Bonchev–Trinajstić information content (AvgIpc) is 2.14. The van der Waals surface area contributed by atoms with Gasteiger partial charge in [-0.2, -0.15) is 13.2 Å². The van der Waals surface area contributed by atoms with E-state index in [1.165, 1.54) is 0 Å². The molecule has 0 fully saturated rings. The van der Waals surface area contributed by atoms with Crippen LogP contribution in [-0.2, 0) is 14.4 Å². The van der Waals surface area contributed by atoms with Crippen LogP contribution in [0.5, 0.6) is 0 Å². The number of alkyl halides is 3. The van der Waals surface area contributed by atoms with Gasteiger partial charge in [-0.3, -0.25) is 14.4 Å². The van der Waals surface area contributed by atoms with Crippen molar-refractivity contribution in [1.29, 1.82) is 0 Å². The monoisotopic (exact) mass is 287 g/mol. The standard InChI is InChI=1S/C9H12F3NO4S/c1-4(8(16)17)13-7(15)6(9(10,11)12)3-18-5(2)14/h4,6H,3H2,1-2H3,(H,13,15)(H,16,17)/t4-,6?/m0/s1. The Kier molecular flexibility index (Phi) is 6.16. The van der Waals surface area contributed by atoms with Crippen LogP contribution in [0, 0.1) is 5.92 Å². The maximum absolute atomic E-state index is 12.5. The number of aliphatic carboxylic acids is 1. The number of thioether (sulfide) groups is 1. The smallest absolute Gasteiger partial charge is 0.401 e. The zero-order chi connectivity index (χ0) is 14.5. The number of nitrogens with one attached hydrogen (secondary N) is 1. The molecule has 0 rings (SSSR count). The molecule has 9 heteroatoms. The molecule has 104 valence electrons. The van der Waals surface area contributed by atoms with Crippen molar-refractivity contribution in [3.63, 3.8) is 0 Å². The number of amides is 1. The maximum atomic E-state index is 12.5. The SMILES string of the molecule is CC(=O)SCC(C(=O)N[C@@H](C)C(=O)O)C(F)(F)F. The number of halogens is 3. The fourth-order valence-corrected chi connectivity index (χ4v) is 1.64. The summed E-state index contributed by atoms with van der Waals surface area (Å²) < 4.78 is 37.6. The molecule has 2 atom stereocenters. The summed E-state index contributed by atoms with van der Waals surface area (Å²) in [5, 5.41) is 9.65. The molecule has 1 unspecified atom stereocenters. The molecular formula is C9H12F3NO4S. The lowest BCUT2D eigenvalue weighted by molar-refractivity contribution is -0.178. The summed E-state index contributed by atoms with van der Waals surface area (Å²) >= 11 is 0.363. The molecule has 0 aromatic heterocycles. The van der Waals surface area contributed by atoms with Crippen molar-refractivity contribution in [3.8, 4) is 0 Å². The molecule has 1 amide bonds. The van der Waals surface area contributed by atoms with E-state index < -0.39 is 40.9 Å². The van der Waals surface area contributed by atoms with Crippen molar-refractivity contribution in [2.24, 2.45) is 5.92 Å². The minimum atomic E-state index is -4.83. The Morgan fingerprint density at radius 2 is 1.83 bits per heavy atom. The number of carbonyl (C=O) groups is 3. The average molecular weight is 287 g/mol. The maximum Gasteiger partial charge on any atom is 0.401 e. The highest BCUT2D eigenvalue weighted by Crippen LogP contribution is 2.29. The molecular weight excluding hydrogens is 275 g/mol. The van der Waals surface area contributed by atoms with E-state index >= 15 is 0 Å². The van der Waals surface area contributed by atoms with Crippen LogP contribution >= 0.6 is 11.8 Å². The van der Waals surface area contributed by atoms with E-state index in [9.17, 15) is 27.6 Å². The van der Waals surface area contributed by atoms with Crippen LogP contribution in [0.25, 0.3) is 0 Å². The lowest BCUT2D eigenvalue weighted by atomic mass is 10.1. The molecule has 0 aliphatic rings. The highest BCUT2D eigenvalue weighted by Gasteiger charge is 2.45. The van der Waals surface area contributed by atoms with E-state index in [1.807, 2.05) is 0 Å². The minimum Gasteiger partial charge on any atom is -0.480 e. The molecule has 0 aliphatic heterocycles. The van der Waals surface area contributed by atoms with Crippen LogP contribution in [0.4, 0.5) is 13.2 Å². The molecule has 5 nitrogen and oxygen atoms in total. The first-order chi connectivity index (χ1) is 8.05. The van der Waals surface area contributed by atoms with Gasteiger partial charge in [0.2, 0.25) is 5.91 Å². The van der Waals surface area contributed by atoms with Crippen molar-refractivity contribution in [1.82, 2.24) is 5.32 Å². The highest BCUT2D eigenvalue weighted by atomic mass is 32.2. The molecule has 18 heavy (non-hydrogen) atoms. The van der Waals surface area contributed by atoms with E-state index in [-0.39, 0.29) is 0 Å². The van der Waals surface area contributed by atoms with E-state index in [0.717, 1.165) is 13.8 Å². The molecule has 2 N–H and O–H groups in total. The summed E-state index contributed by atoms with van der Waals surface area (Å²) in [6, 6.07) is -1.43. The second-order valence-corrected chi connectivity index (χ2v) is 4.66. The van der Waals surface area contributed by atoms with Crippen LogP contribution in [0.2, 0.25) is 0 Å². The zero-order valence-corrected chi connectivity index (χ0v) is 10.4. The number of rotatable bonds is 5. The largest absolute Gasteiger partial charge is 0.480 e. The molecule has 0 heterocycles. The quantitative estimate of drug-likeness (QED) is 0.789. The van der Waals surface area contributed by atoms with Crippen LogP contribution in [0.1, 0.15) is 13.8 Å². The topological polar surface area (TPSA) is 83.5 Å². The number of hydrogen-bond acceptors (Lipinski definition) is 4. The fraction of sp³-hybridized carbons (Fsp3) is 0.667. The summed E-state index contributed by atoms with van der Waals surface area (Å²) in [6.07, 6.45) is -4.83. The second-order valence-electron chi connectivity index (χ2n) is 3.47. The van der Waals surface area contributed by atoms with Gasteiger partial charge in [0.15, 0.2) is 5.12 Å². The predicted molar refractivity (Wildman–Crippen MR) is 57.9 cm³/mol. The molecule has 0 bridgehead atoms. The number of carboxylic acids is 1. The first-order valence-electron chi connectivity index (χ1n) is 4.79. The lowest BCUT2D eigenvalue weighted by Gasteiger charge is -2.20. The Morgan fingerprint density at radius 1 is 1.33 bits per heavy atom. The van der Waals surface area contributed by atoms with Gasteiger partial charge in [0.1, 0.15) is 12.0 Å². The number of carbonyl (C=O) groups excluding carboxylic acids is 2. The van der Waals surface area contributed by atoms with Gasteiger partial charge in [-0.1, -0.05) is 11.8 Å². The van der Waals surface area contributed by atoms with Crippen LogP contribution < -0.4 is 5.32 Å². The molecule has 0 radical (unpaired) electrons. The van der Waals surface area contributed by atoms with Crippen molar-refractivity contribution in [2.45, 2.75) is 26.1 Å². The van der Waals surface area contributed by atoms with Crippen molar-refractivity contribution in [2.75, 3.05) is 5.75 Å². The van der Waals surface area contributed by atoms with Gasteiger partial charge in [-0.15, -0.1) is 0 Å². The van der Waals surface area contributed by atoms with Crippen LogP contribution in [0.3, 0.4) is 0 Å². The van der Waals surface area contributed by atoms with Gasteiger partial charge in [0, 0.05) is 12.7 Å². The Labute approximate surface area is 105 Å². The van der Waals surface area contributed by atoms with Gasteiger partial charge >= 0.3 is 12.1 Å². The summed E-state index contributed by atoms with van der Waals surface area (Å²) in [5.41, 5.74) is 0. The number of carboxylic acid groups (broad SMARTS) is 1. The first kappa shape index (κ1) is 16.8. The zero-order valence-electron chi connectivity index (χ0n) is 9.58. The van der Waals surface area contributed by atoms with E-state index in [4.69, 9.17) is 5.11 Å². The number of hydrogen-bond donors (Lipinski definition) is 2. The normalized spacial score (nSPS) is 14.7. The lowest BCUT2D eigenvalue weighted by Crippen LogP contribution is -2.46. The Hall–Kier alpha value is -1.25. The van der Waals surface area contributed by atoms with Gasteiger partial charge in [-0.05, 0) is 6.92 Å². The summed E-state index contributed by atoms with van der Waals surface area (Å²) in [6.45, 7) is 2.13. The first-order valence-corrected chi connectivity index (χ1v) is 5.77. The van der Waals surface area contributed by atoms with Gasteiger partial charge in [-0.25, -0.2) is 0 Å². The van der Waals surface area contributed by atoms with E-state index in [1.54, 1.807) is 5.32 Å². The molecule has 0 aromatic carbocycles.